The summed E-state index contributed by atoms with van der Waals surface area (Å²) in [7, 11) is 0. The quantitative estimate of drug-likeness (QED) is 0.843. The van der Waals surface area contributed by atoms with Crippen molar-refractivity contribution in [2.45, 2.75) is 39.3 Å². The number of hydrogen-bond donors (Lipinski definition) is 2. The molecule has 2 unspecified atom stereocenters. The van der Waals surface area contributed by atoms with Gasteiger partial charge in [0.2, 0.25) is 0 Å². The summed E-state index contributed by atoms with van der Waals surface area (Å²) >= 11 is 0. The summed E-state index contributed by atoms with van der Waals surface area (Å²) in [5, 5.41) is 12.1. The van der Waals surface area contributed by atoms with Crippen molar-refractivity contribution in [2.24, 2.45) is 5.92 Å². The number of aliphatic hydroxyl groups is 1. The van der Waals surface area contributed by atoms with E-state index in [0.717, 1.165) is 19.6 Å². The molecule has 0 aromatic heterocycles. The first-order valence-electron chi connectivity index (χ1n) is 7.83. The zero-order valence-corrected chi connectivity index (χ0v) is 13.0. The Hall–Kier alpha value is -1.39. The van der Waals surface area contributed by atoms with Crippen LogP contribution in [0.4, 0.5) is 0 Å². The largest absolute Gasteiger partial charge is 0.396 e. The molecule has 1 amide bonds. The molecule has 0 aliphatic carbocycles. The zero-order chi connectivity index (χ0) is 15.2. The first kappa shape index (κ1) is 16.0. The van der Waals surface area contributed by atoms with Crippen LogP contribution >= 0.6 is 0 Å². The van der Waals surface area contributed by atoms with Crippen molar-refractivity contribution in [3.05, 3.63) is 35.4 Å². The van der Waals surface area contributed by atoms with E-state index < -0.39 is 0 Å². The van der Waals surface area contributed by atoms with E-state index in [-0.39, 0.29) is 24.5 Å². The van der Waals surface area contributed by atoms with E-state index in [0.29, 0.717) is 5.56 Å². The lowest BCUT2D eigenvalue weighted by Crippen LogP contribution is -2.38. The number of aliphatic hydroxyl groups excluding tert-OH is 1. The number of carbonyl (C=O) groups excluding carboxylic acids is 1. The van der Waals surface area contributed by atoms with Crippen LogP contribution in [0.25, 0.3) is 0 Å². The van der Waals surface area contributed by atoms with Crippen molar-refractivity contribution in [1.29, 1.82) is 0 Å². The normalized spacial score (nSPS) is 18.4. The molecule has 2 atom stereocenters. The first-order chi connectivity index (χ1) is 10.1. The van der Waals surface area contributed by atoms with Crippen molar-refractivity contribution >= 4 is 5.91 Å². The molecule has 4 heteroatoms. The molecule has 1 aromatic rings. The van der Waals surface area contributed by atoms with Gasteiger partial charge in [0.15, 0.2) is 0 Å². The molecule has 1 aliphatic rings. The fraction of sp³-hybridized carbons (Fsp3) is 0.588. The highest BCUT2D eigenvalue weighted by Crippen LogP contribution is 2.14. The van der Waals surface area contributed by atoms with Crippen molar-refractivity contribution in [3.63, 3.8) is 0 Å². The smallest absolute Gasteiger partial charge is 0.251 e. The molecule has 116 valence electrons. The number of amides is 1. The van der Waals surface area contributed by atoms with Crippen LogP contribution in [0.3, 0.4) is 0 Å². The van der Waals surface area contributed by atoms with Gasteiger partial charge in [0.05, 0.1) is 0 Å². The van der Waals surface area contributed by atoms with Gasteiger partial charge in [-0.15, -0.1) is 0 Å². The van der Waals surface area contributed by atoms with Gasteiger partial charge in [0.1, 0.15) is 0 Å². The van der Waals surface area contributed by atoms with Crippen LogP contribution in [-0.2, 0) is 6.54 Å². The predicted molar refractivity (Wildman–Crippen MR) is 84.1 cm³/mol. The third kappa shape index (κ3) is 4.55. The maximum Gasteiger partial charge on any atom is 0.251 e. The van der Waals surface area contributed by atoms with Gasteiger partial charge >= 0.3 is 0 Å². The number of nitrogens with one attached hydrogen (secondary N) is 1. The van der Waals surface area contributed by atoms with E-state index in [1.54, 1.807) is 0 Å². The highest BCUT2D eigenvalue weighted by atomic mass is 16.3. The highest BCUT2D eigenvalue weighted by molar-refractivity contribution is 5.94. The Labute approximate surface area is 127 Å². The Bertz CT molecular complexity index is 470. The van der Waals surface area contributed by atoms with Crippen LogP contribution in [0.1, 0.15) is 42.6 Å². The molecule has 1 fully saturated rings. The van der Waals surface area contributed by atoms with Gasteiger partial charge in [0.25, 0.3) is 5.91 Å². The lowest BCUT2D eigenvalue weighted by Gasteiger charge is -2.20. The molecule has 4 nitrogen and oxygen atoms in total. The molecule has 1 aliphatic heterocycles. The lowest BCUT2D eigenvalue weighted by molar-refractivity contribution is 0.0916. The molecule has 21 heavy (non-hydrogen) atoms. The number of nitrogens with zero attached hydrogens (tertiary/aromatic N) is 1. The third-order valence-corrected chi connectivity index (χ3v) is 4.29. The molecule has 2 N–H and O–H groups in total. The van der Waals surface area contributed by atoms with Gasteiger partial charge < -0.3 is 10.4 Å². The van der Waals surface area contributed by atoms with E-state index in [9.17, 15) is 4.79 Å². The van der Waals surface area contributed by atoms with Crippen LogP contribution in [0.5, 0.6) is 0 Å². The van der Waals surface area contributed by atoms with Crippen molar-refractivity contribution in [1.82, 2.24) is 10.2 Å². The summed E-state index contributed by atoms with van der Waals surface area (Å²) in [4.78, 5) is 14.7. The molecule has 0 radical (unpaired) electrons. The molecule has 0 saturated carbocycles. The Kier molecular flexibility index (Phi) is 5.76. The monoisotopic (exact) mass is 290 g/mol. The number of likely N-dealkylation sites (tertiary alicyclic amines) is 1. The fourth-order valence-electron chi connectivity index (χ4n) is 2.60. The second-order valence-electron chi connectivity index (χ2n) is 6.11. The Balaban J connectivity index is 1.97. The summed E-state index contributed by atoms with van der Waals surface area (Å²) in [6.45, 7) is 7.16. The number of carbonyl (C=O) groups is 1. The SMILES string of the molecule is CC(CO)C(C)NC(=O)c1cccc(CN2CCCC2)c1. The van der Waals surface area contributed by atoms with Gasteiger partial charge in [-0.25, -0.2) is 0 Å². The molecule has 1 heterocycles. The van der Waals surface area contributed by atoms with Crippen LogP contribution < -0.4 is 5.32 Å². The van der Waals surface area contributed by atoms with Crippen LogP contribution in [0.2, 0.25) is 0 Å². The van der Waals surface area contributed by atoms with Crippen molar-refractivity contribution in [2.75, 3.05) is 19.7 Å². The van der Waals surface area contributed by atoms with E-state index in [4.69, 9.17) is 5.11 Å². The molecule has 0 spiro atoms. The standard InChI is InChI=1S/C17H26N2O2/c1-13(12-20)14(2)18-17(21)16-7-5-6-15(10-16)11-19-8-3-4-9-19/h5-7,10,13-14,20H,3-4,8-9,11-12H2,1-2H3,(H,18,21). The van der Waals surface area contributed by atoms with Gasteiger partial charge in [-0.3, -0.25) is 9.69 Å². The number of hydrogen-bond acceptors (Lipinski definition) is 3. The first-order valence-corrected chi connectivity index (χ1v) is 7.83. The van der Waals surface area contributed by atoms with E-state index in [2.05, 4.69) is 16.3 Å². The van der Waals surface area contributed by atoms with Crippen molar-refractivity contribution in [3.8, 4) is 0 Å². The summed E-state index contributed by atoms with van der Waals surface area (Å²) in [6, 6.07) is 7.81. The Morgan fingerprint density at radius 2 is 2.05 bits per heavy atom. The van der Waals surface area contributed by atoms with E-state index >= 15 is 0 Å². The average Bonchev–Trinajstić information content (AvgIpc) is 2.99. The van der Waals surface area contributed by atoms with Crippen LogP contribution in [-0.4, -0.2) is 41.7 Å². The van der Waals surface area contributed by atoms with Gasteiger partial charge in [-0.1, -0.05) is 19.1 Å². The lowest BCUT2D eigenvalue weighted by atomic mass is 10.0. The maximum absolute atomic E-state index is 12.3. The summed E-state index contributed by atoms with van der Waals surface area (Å²) < 4.78 is 0. The van der Waals surface area contributed by atoms with Crippen LogP contribution in [0.15, 0.2) is 24.3 Å². The Morgan fingerprint density at radius 1 is 1.33 bits per heavy atom. The van der Waals surface area contributed by atoms with E-state index in [1.165, 1.54) is 18.4 Å². The highest BCUT2D eigenvalue weighted by Gasteiger charge is 2.16. The third-order valence-electron chi connectivity index (χ3n) is 4.29. The van der Waals surface area contributed by atoms with Gasteiger partial charge in [0, 0.05) is 24.8 Å². The number of rotatable bonds is 6. The average molecular weight is 290 g/mol. The summed E-state index contributed by atoms with van der Waals surface area (Å²) in [6.07, 6.45) is 2.55. The minimum Gasteiger partial charge on any atom is -0.396 e. The minimum atomic E-state index is -0.0638. The second-order valence-corrected chi connectivity index (χ2v) is 6.11. The second kappa shape index (κ2) is 7.57. The summed E-state index contributed by atoms with van der Waals surface area (Å²) in [5.41, 5.74) is 1.89. The zero-order valence-electron chi connectivity index (χ0n) is 13.0. The summed E-state index contributed by atoms with van der Waals surface area (Å²) in [5.74, 6) is -0.00666. The topological polar surface area (TPSA) is 52.6 Å². The van der Waals surface area contributed by atoms with E-state index in [1.807, 2.05) is 32.0 Å². The maximum atomic E-state index is 12.3. The molecule has 2 rings (SSSR count). The van der Waals surface area contributed by atoms with Gasteiger partial charge in [-0.2, -0.15) is 0 Å². The fourth-order valence-corrected chi connectivity index (χ4v) is 2.60. The molecular weight excluding hydrogens is 264 g/mol. The van der Waals surface area contributed by atoms with Crippen LogP contribution in [0, 0.1) is 5.92 Å². The molecule has 1 aromatic carbocycles. The number of benzene rings is 1. The molecular formula is C17H26N2O2. The molecule has 1 saturated heterocycles. The Morgan fingerprint density at radius 3 is 2.71 bits per heavy atom. The minimum absolute atomic E-state index is 0.0373. The van der Waals surface area contributed by atoms with Crippen molar-refractivity contribution < 1.29 is 9.90 Å². The van der Waals surface area contributed by atoms with Gasteiger partial charge in [-0.05, 0) is 56.5 Å². The predicted octanol–water partition coefficient (Wildman–Crippen LogP) is 2.03. The molecule has 0 bridgehead atoms.